The zero-order chi connectivity index (χ0) is 11.3. The second-order valence-electron chi connectivity index (χ2n) is 2.57. The van der Waals surface area contributed by atoms with Gasteiger partial charge >= 0.3 is 17.7 Å². The van der Waals surface area contributed by atoms with Crippen LogP contribution in [0.5, 0.6) is 0 Å². The number of ether oxygens (including phenoxy) is 4. The highest BCUT2D eigenvalue weighted by atomic mass is 16.8. The summed E-state index contributed by atoms with van der Waals surface area (Å²) >= 11 is 0. The van der Waals surface area contributed by atoms with Crippen LogP contribution in [0.1, 0.15) is 13.8 Å². The minimum absolute atomic E-state index is 0.118. The molecule has 0 aromatic rings. The first-order valence-electron chi connectivity index (χ1n) is 4.52. The van der Waals surface area contributed by atoms with E-state index in [-0.39, 0.29) is 13.2 Å². The Balaban J connectivity index is 2.79. The molecule has 0 bridgehead atoms. The molecule has 0 aliphatic carbocycles. The molecule has 0 spiro atoms. The van der Waals surface area contributed by atoms with E-state index in [4.69, 9.17) is 9.47 Å². The summed E-state index contributed by atoms with van der Waals surface area (Å²) in [6.07, 6.45) is 2.18. The second kappa shape index (κ2) is 4.68. The minimum Gasteiger partial charge on any atom is -0.460 e. The predicted octanol–water partition coefficient (Wildman–Crippen LogP) is 0.327. The molecular weight excluding hydrogens is 204 g/mol. The quantitative estimate of drug-likeness (QED) is 0.498. The van der Waals surface area contributed by atoms with Gasteiger partial charge in [0.2, 0.25) is 0 Å². The molecule has 0 aromatic carbocycles. The molecule has 0 unspecified atom stereocenters. The summed E-state index contributed by atoms with van der Waals surface area (Å²) in [4.78, 5) is 22.9. The summed E-state index contributed by atoms with van der Waals surface area (Å²) < 4.78 is 19.0. The Morgan fingerprint density at radius 3 is 1.80 bits per heavy atom. The maximum Gasteiger partial charge on any atom is 0.452 e. The second-order valence-corrected chi connectivity index (χ2v) is 2.57. The van der Waals surface area contributed by atoms with Crippen molar-refractivity contribution in [1.29, 1.82) is 0 Å². The molecular formula is C9H12O6. The average Bonchev–Trinajstić information content (AvgIpc) is 2.68. The lowest BCUT2D eigenvalue weighted by Gasteiger charge is -2.22. The summed E-state index contributed by atoms with van der Waals surface area (Å²) in [5.74, 6) is -3.96. The number of rotatable bonds is 4. The van der Waals surface area contributed by atoms with Gasteiger partial charge in [0.05, 0.1) is 13.2 Å². The summed E-state index contributed by atoms with van der Waals surface area (Å²) in [5.41, 5.74) is 0. The molecule has 0 fully saturated rings. The van der Waals surface area contributed by atoms with E-state index in [2.05, 4.69) is 9.47 Å². The van der Waals surface area contributed by atoms with Gasteiger partial charge in [0.1, 0.15) is 12.5 Å². The van der Waals surface area contributed by atoms with Crippen molar-refractivity contribution in [2.24, 2.45) is 0 Å². The Morgan fingerprint density at radius 2 is 1.47 bits per heavy atom. The first-order chi connectivity index (χ1) is 7.17. The Hall–Kier alpha value is -1.72. The molecule has 1 aliphatic heterocycles. The van der Waals surface area contributed by atoms with E-state index >= 15 is 0 Å². The minimum atomic E-state index is -2.12. The normalized spacial score (nSPS) is 16.4. The van der Waals surface area contributed by atoms with Crippen molar-refractivity contribution in [2.45, 2.75) is 19.6 Å². The third-order valence-corrected chi connectivity index (χ3v) is 1.61. The first kappa shape index (κ1) is 11.4. The first-order valence-corrected chi connectivity index (χ1v) is 4.52. The molecule has 6 nitrogen and oxygen atoms in total. The smallest absolute Gasteiger partial charge is 0.452 e. The standard InChI is InChI=1S/C9H12O6/c1-3-12-7(10)9(8(11)13-4-2)14-5-6-15-9/h5-6H,3-4H2,1-2H3. The highest BCUT2D eigenvalue weighted by Crippen LogP contribution is 2.23. The van der Waals surface area contributed by atoms with Gasteiger partial charge in [-0.25, -0.2) is 9.59 Å². The highest BCUT2D eigenvalue weighted by molar-refractivity contribution is 6.02. The van der Waals surface area contributed by atoms with E-state index in [9.17, 15) is 9.59 Å². The molecule has 0 N–H and O–H groups in total. The fraction of sp³-hybridized carbons (Fsp3) is 0.556. The van der Waals surface area contributed by atoms with Crippen LogP contribution in [0.4, 0.5) is 0 Å². The highest BCUT2D eigenvalue weighted by Gasteiger charge is 2.56. The van der Waals surface area contributed by atoms with Crippen molar-refractivity contribution < 1.29 is 28.5 Å². The van der Waals surface area contributed by atoms with Crippen LogP contribution in [0.15, 0.2) is 12.5 Å². The summed E-state index contributed by atoms with van der Waals surface area (Å²) in [6.45, 7) is 3.46. The molecule has 0 amide bonds. The molecule has 0 radical (unpaired) electrons. The number of esters is 2. The number of carbonyl (C=O) groups is 2. The molecule has 84 valence electrons. The molecule has 0 atom stereocenters. The molecule has 1 heterocycles. The van der Waals surface area contributed by atoms with E-state index in [0.29, 0.717) is 0 Å². The van der Waals surface area contributed by atoms with Crippen LogP contribution < -0.4 is 0 Å². The Labute approximate surface area is 86.7 Å². The van der Waals surface area contributed by atoms with Crippen molar-refractivity contribution in [2.75, 3.05) is 13.2 Å². The molecule has 6 heteroatoms. The largest absolute Gasteiger partial charge is 0.460 e. The van der Waals surface area contributed by atoms with Crippen molar-refractivity contribution in [1.82, 2.24) is 0 Å². The zero-order valence-electron chi connectivity index (χ0n) is 8.52. The number of hydrogen-bond acceptors (Lipinski definition) is 6. The topological polar surface area (TPSA) is 71.1 Å². The van der Waals surface area contributed by atoms with Crippen LogP contribution in [-0.4, -0.2) is 30.9 Å². The van der Waals surface area contributed by atoms with Gasteiger partial charge in [-0.15, -0.1) is 0 Å². The fourth-order valence-corrected chi connectivity index (χ4v) is 1.00. The Morgan fingerprint density at radius 1 is 1.07 bits per heavy atom. The van der Waals surface area contributed by atoms with Gasteiger partial charge in [-0.2, -0.15) is 0 Å². The SMILES string of the molecule is CCOC(=O)C1(C(=O)OCC)OC=CO1. The Kier molecular flexibility index (Phi) is 3.54. The van der Waals surface area contributed by atoms with Crippen molar-refractivity contribution in [3.05, 3.63) is 12.5 Å². The third kappa shape index (κ3) is 2.03. The molecule has 1 rings (SSSR count). The lowest BCUT2D eigenvalue weighted by molar-refractivity contribution is -0.216. The van der Waals surface area contributed by atoms with Gasteiger partial charge in [-0.1, -0.05) is 0 Å². The van der Waals surface area contributed by atoms with E-state index in [0.717, 1.165) is 12.5 Å². The van der Waals surface area contributed by atoms with Crippen LogP contribution in [-0.2, 0) is 28.5 Å². The number of hydrogen-bond donors (Lipinski definition) is 0. The van der Waals surface area contributed by atoms with Crippen LogP contribution in [0, 0.1) is 0 Å². The molecule has 0 saturated heterocycles. The zero-order valence-corrected chi connectivity index (χ0v) is 8.52. The van der Waals surface area contributed by atoms with E-state index in [1.807, 2.05) is 0 Å². The maximum absolute atomic E-state index is 11.5. The lowest BCUT2D eigenvalue weighted by Crippen LogP contribution is -2.49. The fourth-order valence-electron chi connectivity index (χ4n) is 1.00. The molecule has 0 saturated carbocycles. The van der Waals surface area contributed by atoms with Gasteiger partial charge in [0.25, 0.3) is 0 Å². The number of carbonyl (C=O) groups excluding carboxylic acids is 2. The van der Waals surface area contributed by atoms with Gasteiger partial charge in [-0.05, 0) is 13.8 Å². The van der Waals surface area contributed by atoms with Crippen LogP contribution in [0.3, 0.4) is 0 Å². The predicted molar refractivity (Wildman–Crippen MR) is 47.3 cm³/mol. The van der Waals surface area contributed by atoms with E-state index in [1.165, 1.54) is 0 Å². The van der Waals surface area contributed by atoms with E-state index < -0.39 is 17.7 Å². The van der Waals surface area contributed by atoms with Gasteiger partial charge in [0, 0.05) is 0 Å². The van der Waals surface area contributed by atoms with E-state index in [1.54, 1.807) is 13.8 Å². The Bertz CT molecular complexity index is 254. The molecule has 0 aromatic heterocycles. The molecule has 1 aliphatic rings. The maximum atomic E-state index is 11.5. The van der Waals surface area contributed by atoms with Crippen LogP contribution >= 0.6 is 0 Å². The lowest BCUT2D eigenvalue weighted by atomic mass is 10.3. The summed E-state index contributed by atoms with van der Waals surface area (Å²) in [5, 5.41) is 0. The summed E-state index contributed by atoms with van der Waals surface area (Å²) in [6, 6.07) is 0. The van der Waals surface area contributed by atoms with Crippen LogP contribution in [0.2, 0.25) is 0 Å². The van der Waals surface area contributed by atoms with Crippen LogP contribution in [0.25, 0.3) is 0 Å². The van der Waals surface area contributed by atoms with Gasteiger partial charge < -0.3 is 18.9 Å². The average molecular weight is 216 g/mol. The monoisotopic (exact) mass is 216 g/mol. The van der Waals surface area contributed by atoms with Gasteiger partial charge in [0.15, 0.2) is 0 Å². The molecule has 15 heavy (non-hydrogen) atoms. The van der Waals surface area contributed by atoms with Crippen molar-refractivity contribution in [3.8, 4) is 0 Å². The third-order valence-electron chi connectivity index (χ3n) is 1.61. The van der Waals surface area contributed by atoms with Crippen molar-refractivity contribution in [3.63, 3.8) is 0 Å². The summed E-state index contributed by atoms with van der Waals surface area (Å²) in [7, 11) is 0. The van der Waals surface area contributed by atoms with Gasteiger partial charge in [-0.3, -0.25) is 0 Å². The van der Waals surface area contributed by atoms with Crippen molar-refractivity contribution >= 4 is 11.9 Å².